The highest BCUT2D eigenvalue weighted by Gasteiger charge is 2.29. The molecule has 110 valence electrons. The molecule has 3 aromatic rings. The molecule has 2 heterocycles. The predicted octanol–water partition coefficient (Wildman–Crippen LogP) is 3.39. The van der Waals surface area contributed by atoms with Crippen molar-refractivity contribution < 1.29 is 4.79 Å². The summed E-state index contributed by atoms with van der Waals surface area (Å²) in [4.78, 5) is 11.8. The van der Waals surface area contributed by atoms with Gasteiger partial charge in [-0.2, -0.15) is 0 Å². The number of fused-ring (bicyclic) bond motifs is 3. The average molecular weight is 326 g/mol. The smallest absolute Gasteiger partial charge is 0.239 e. The molecule has 3 nitrogen and oxygen atoms in total. The molecule has 5 heteroatoms. The maximum Gasteiger partial charge on any atom is 0.239 e. The first-order chi connectivity index (χ1) is 10.6. The fourth-order valence-corrected chi connectivity index (χ4v) is 4.39. The summed E-state index contributed by atoms with van der Waals surface area (Å²) in [5.41, 5.74) is 3.61. The number of thiocarbonyl (C=S) groups is 1. The average Bonchev–Trinajstić information content (AvgIpc) is 2.98. The number of aromatic nitrogens is 1. The van der Waals surface area contributed by atoms with E-state index in [0.717, 1.165) is 0 Å². The molecule has 0 saturated carbocycles. The molecule has 1 unspecified atom stereocenters. The Kier molecular flexibility index (Phi) is 3.20. The van der Waals surface area contributed by atoms with E-state index in [2.05, 4.69) is 59.4 Å². The van der Waals surface area contributed by atoms with Crippen molar-refractivity contribution in [3.8, 4) is 0 Å². The highest BCUT2D eigenvalue weighted by molar-refractivity contribution is 8.24. The van der Waals surface area contributed by atoms with E-state index in [1.165, 1.54) is 39.1 Å². The van der Waals surface area contributed by atoms with Gasteiger partial charge in [0.05, 0.1) is 5.25 Å². The number of benzene rings is 2. The summed E-state index contributed by atoms with van der Waals surface area (Å²) in [6.45, 7) is 0. The minimum atomic E-state index is -0.111. The molecular formula is C17H14N2OS2. The molecule has 1 atom stereocenters. The van der Waals surface area contributed by atoms with Gasteiger partial charge in [-0.3, -0.25) is 4.79 Å². The predicted molar refractivity (Wildman–Crippen MR) is 96.2 cm³/mol. The van der Waals surface area contributed by atoms with Crippen molar-refractivity contribution in [3.63, 3.8) is 0 Å². The molecule has 1 aromatic heterocycles. The Balaban J connectivity index is 1.79. The number of nitrogens with zero attached hydrogens (tertiary/aromatic N) is 1. The fourth-order valence-electron chi connectivity index (χ4n) is 3.08. The molecule has 0 radical (unpaired) electrons. The third-order valence-electron chi connectivity index (χ3n) is 4.17. The molecule has 0 aliphatic carbocycles. The van der Waals surface area contributed by atoms with Crippen LogP contribution in [0.25, 0.3) is 21.8 Å². The van der Waals surface area contributed by atoms with Crippen LogP contribution in [0.1, 0.15) is 5.56 Å². The number of rotatable bonds is 2. The molecule has 0 bridgehead atoms. The molecule has 22 heavy (non-hydrogen) atoms. The van der Waals surface area contributed by atoms with E-state index in [1.807, 2.05) is 0 Å². The van der Waals surface area contributed by atoms with Crippen LogP contribution in [0.4, 0.5) is 0 Å². The van der Waals surface area contributed by atoms with Gasteiger partial charge in [-0.05, 0) is 30.2 Å². The van der Waals surface area contributed by atoms with Crippen LogP contribution in [0.15, 0.2) is 42.5 Å². The Hall–Kier alpha value is -1.85. The van der Waals surface area contributed by atoms with Crippen LogP contribution >= 0.6 is 24.0 Å². The van der Waals surface area contributed by atoms with Crippen LogP contribution in [0.3, 0.4) is 0 Å². The van der Waals surface area contributed by atoms with Crippen molar-refractivity contribution in [1.82, 2.24) is 9.88 Å². The highest BCUT2D eigenvalue weighted by Crippen LogP contribution is 2.30. The van der Waals surface area contributed by atoms with Crippen LogP contribution in [-0.4, -0.2) is 20.0 Å². The number of aryl methyl sites for hydroxylation is 1. The number of nitrogens with one attached hydrogen (secondary N) is 1. The van der Waals surface area contributed by atoms with E-state index in [1.54, 1.807) is 0 Å². The van der Waals surface area contributed by atoms with E-state index in [0.29, 0.717) is 10.7 Å². The van der Waals surface area contributed by atoms with Crippen LogP contribution in [-0.2, 0) is 18.3 Å². The number of carbonyl (C=O) groups is 1. The summed E-state index contributed by atoms with van der Waals surface area (Å²) in [5.74, 6) is 0.0213. The molecule has 1 aliphatic rings. The fraction of sp³-hybridized carbons (Fsp3) is 0.176. The number of hydrogen-bond donors (Lipinski definition) is 1. The Morgan fingerprint density at radius 2 is 1.95 bits per heavy atom. The second-order valence-electron chi connectivity index (χ2n) is 5.51. The maximum absolute atomic E-state index is 11.8. The van der Waals surface area contributed by atoms with E-state index in [-0.39, 0.29) is 11.2 Å². The van der Waals surface area contributed by atoms with Crippen molar-refractivity contribution in [3.05, 3.63) is 48.0 Å². The van der Waals surface area contributed by atoms with Crippen molar-refractivity contribution in [1.29, 1.82) is 0 Å². The van der Waals surface area contributed by atoms with Crippen LogP contribution in [0.5, 0.6) is 0 Å². The van der Waals surface area contributed by atoms with Gasteiger partial charge < -0.3 is 9.88 Å². The maximum atomic E-state index is 11.8. The van der Waals surface area contributed by atoms with Crippen molar-refractivity contribution in [2.75, 3.05) is 0 Å². The molecule has 1 saturated heterocycles. The first-order valence-corrected chi connectivity index (χ1v) is 8.40. The van der Waals surface area contributed by atoms with Crippen molar-refractivity contribution in [2.45, 2.75) is 11.7 Å². The first kappa shape index (κ1) is 13.8. The van der Waals surface area contributed by atoms with Crippen molar-refractivity contribution >= 4 is 56.0 Å². The lowest BCUT2D eigenvalue weighted by Crippen LogP contribution is -2.25. The Labute approximate surface area is 137 Å². The highest BCUT2D eigenvalue weighted by atomic mass is 32.2. The topological polar surface area (TPSA) is 34.0 Å². The molecule has 1 amide bonds. The number of hydrogen-bond acceptors (Lipinski definition) is 3. The number of thioether (sulfide) groups is 1. The van der Waals surface area contributed by atoms with E-state index < -0.39 is 0 Å². The third kappa shape index (κ3) is 2.12. The Morgan fingerprint density at radius 1 is 1.18 bits per heavy atom. The summed E-state index contributed by atoms with van der Waals surface area (Å²) >= 11 is 6.51. The number of para-hydroxylation sites is 1. The summed E-state index contributed by atoms with van der Waals surface area (Å²) in [5, 5.41) is 5.09. The van der Waals surface area contributed by atoms with Crippen LogP contribution in [0, 0.1) is 0 Å². The quantitative estimate of drug-likeness (QED) is 0.733. The monoisotopic (exact) mass is 326 g/mol. The van der Waals surface area contributed by atoms with Gasteiger partial charge >= 0.3 is 0 Å². The normalized spacial score (nSPS) is 18.3. The molecule has 4 rings (SSSR count). The summed E-state index contributed by atoms with van der Waals surface area (Å²) in [6.07, 6.45) is 0.704. The van der Waals surface area contributed by atoms with Gasteiger partial charge in [0.1, 0.15) is 4.32 Å². The van der Waals surface area contributed by atoms with E-state index in [4.69, 9.17) is 12.2 Å². The van der Waals surface area contributed by atoms with Crippen LogP contribution < -0.4 is 5.32 Å². The minimum absolute atomic E-state index is 0.0213. The Bertz CT molecular complexity index is 929. The minimum Gasteiger partial charge on any atom is -0.344 e. The molecule has 1 aliphatic heterocycles. The SMILES string of the molecule is Cn1c2ccccc2c2cc(CC3SC(=S)NC3=O)ccc21. The van der Waals surface area contributed by atoms with Gasteiger partial charge in [-0.15, -0.1) is 0 Å². The zero-order valence-electron chi connectivity index (χ0n) is 12.0. The lowest BCUT2D eigenvalue weighted by molar-refractivity contribution is -0.118. The molecule has 1 N–H and O–H groups in total. The van der Waals surface area contributed by atoms with Gasteiger partial charge in [-0.25, -0.2) is 0 Å². The van der Waals surface area contributed by atoms with Gasteiger partial charge in [-0.1, -0.05) is 48.2 Å². The molecule has 1 fully saturated rings. The van der Waals surface area contributed by atoms with Crippen LogP contribution in [0.2, 0.25) is 0 Å². The van der Waals surface area contributed by atoms with Gasteiger partial charge in [0.25, 0.3) is 0 Å². The lowest BCUT2D eigenvalue weighted by atomic mass is 10.1. The molecule has 0 spiro atoms. The second kappa shape index (κ2) is 5.11. The van der Waals surface area contributed by atoms with E-state index >= 15 is 0 Å². The summed E-state index contributed by atoms with van der Waals surface area (Å²) in [6, 6.07) is 14.8. The Morgan fingerprint density at radius 3 is 2.73 bits per heavy atom. The largest absolute Gasteiger partial charge is 0.344 e. The van der Waals surface area contributed by atoms with Gasteiger partial charge in [0, 0.05) is 28.9 Å². The zero-order valence-corrected chi connectivity index (χ0v) is 13.6. The first-order valence-electron chi connectivity index (χ1n) is 7.11. The number of amides is 1. The third-order valence-corrected chi connectivity index (χ3v) is 5.54. The van der Waals surface area contributed by atoms with Gasteiger partial charge in [0.2, 0.25) is 5.91 Å². The molecule has 2 aromatic carbocycles. The standard InChI is InChI=1S/C17H14N2OS2/c1-19-13-5-3-2-4-11(13)12-8-10(6-7-14(12)19)9-15-16(20)18-17(21)22-15/h2-8,15H,9H2,1H3,(H,18,20,21). The van der Waals surface area contributed by atoms with E-state index in [9.17, 15) is 4.79 Å². The lowest BCUT2D eigenvalue weighted by Gasteiger charge is -2.06. The molecular weight excluding hydrogens is 312 g/mol. The summed E-state index contributed by atoms with van der Waals surface area (Å²) < 4.78 is 2.79. The zero-order chi connectivity index (χ0) is 15.3. The second-order valence-corrected chi connectivity index (χ2v) is 7.39. The number of carbonyl (C=O) groups excluding carboxylic acids is 1. The summed E-state index contributed by atoms with van der Waals surface area (Å²) in [7, 11) is 2.09. The van der Waals surface area contributed by atoms with Gasteiger partial charge in [0.15, 0.2) is 0 Å². The van der Waals surface area contributed by atoms with Crippen molar-refractivity contribution in [2.24, 2.45) is 7.05 Å².